The average Bonchev–Trinajstić information content (AvgIpc) is 2.86. The van der Waals surface area contributed by atoms with E-state index in [1.54, 1.807) is 7.11 Å². The monoisotopic (exact) mass is 427 g/mol. The highest BCUT2D eigenvalue weighted by Gasteiger charge is 2.19. The highest BCUT2D eigenvalue weighted by atomic mass is 16.5. The number of hydrogen-bond acceptors (Lipinski definition) is 5. The molecule has 32 heavy (non-hydrogen) atoms. The highest BCUT2D eigenvalue weighted by Crippen LogP contribution is 2.22. The van der Waals surface area contributed by atoms with Gasteiger partial charge in [-0.15, -0.1) is 0 Å². The topological polar surface area (TPSA) is 83.4 Å². The van der Waals surface area contributed by atoms with Crippen molar-refractivity contribution in [2.24, 2.45) is 0 Å². The lowest BCUT2D eigenvalue weighted by atomic mass is 9.98. The standard InChI is InChI=1S/C26H25N3O3/c1-31-23-12-14-24(15-13-23)32-17-16-28-19-22(18-27)26(30)29-25(20-8-4-2-5-9-20)21-10-6-3-7-11-21/h2-15,19,25,28H,16-17H2,1H3,(H,29,30)/b22-19-. The van der Waals surface area contributed by atoms with E-state index >= 15 is 0 Å². The van der Waals surface area contributed by atoms with Gasteiger partial charge in [0.15, 0.2) is 0 Å². The van der Waals surface area contributed by atoms with Crippen molar-refractivity contribution >= 4 is 5.91 Å². The van der Waals surface area contributed by atoms with Crippen LogP contribution in [0.5, 0.6) is 11.5 Å². The van der Waals surface area contributed by atoms with Crippen molar-refractivity contribution in [1.29, 1.82) is 5.26 Å². The minimum Gasteiger partial charge on any atom is -0.497 e. The maximum Gasteiger partial charge on any atom is 0.264 e. The van der Waals surface area contributed by atoms with Crippen LogP contribution >= 0.6 is 0 Å². The third-order valence-electron chi connectivity index (χ3n) is 4.73. The van der Waals surface area contributed by atoms with E-state index in [2.05, 4.69) is 10.6 Å². The van der Waals surface area contributed by atoms with Crippen molar-refractivity contribution in [3.63, 3.8) is 0 Å². The lowest BCUT2D eigenvalue weighted by molar-refractivity contribution is -0.117. The van der Waals surface area contributed by atoms with E-state index in [0.29, 0.717) is 18.9 Å². The Balaban J connectivity index is 1.58. The Morgan fingerprint density at radius 2 is 1.50 bits per heavy atom. The summed E-state index contributed by atoms with van der Waals surface area (Å²) < 4.78 is 10.7. The summed E-state index contributed by atoms with van der Waals surface area (Å²) in [5, 5.41) is 15.4. The molecule has 3 aromatic carbocycles. The molecule has 0 unspecified atom stereocenters. The molecule has 0 saturated carbocycles. The Kier molecular flexibility index (Phi) is 8.29. The van der Waals surface area contributed by atoms with Crippen LogP contribution in [0.3, 0.4) is 0 Å². The first-order chi connectivity index (χ1) is 15.7. The van der Waals surface area contributed by atoms with Crippen LogP contribution in [0.25, 0.3) is 0 Å². The number of nitrogens with zero attached hydrogens (tertiary/aromatic N) is 1. The van der Waals surface area contributed by atoms with Gasteiger partial charge in [0.05, 0.1) is 13.2 Å². The molecule has 0 bridgehead atoms. The van der Waals surface area contributed by atoms with Gasteiger partial charge in [0.25, 0.3) is 5.91 Å². The van der Waals surface area contributed by atoms with Crippen LogP contribution in [-0.4, -0.2) is 26.2 Å². The molecule has 0 spiro atoms. The number of nitrogens with one attached hydrogen (secondary N) is 2. The number of carbonyl (C=O) groups is 1. The number of methoxy groups -OCH3 is 1. The summed E-state index contributed by atoms with van der Waals surface area (Å²) in [5.41, 5.74) is 1.86. The molecule has 0 fully saturated rings. The van der Waals surface area contributed by atoms with Gasteiger partial charge < -0.3 is 20.1 Å². The van der Waals surface area contributed by atoms with E-state index in [4.69, 9.17) is 9.47 Å². The van der Waals surface area contributed by atoms with Crippen molar-refractivity contribution in [2.45, 2.75) is 6.04 Å². The molecule has 2 N–H and O–H groups in total. The van der Waals surface area contributed by atoms with Gasteiger partial charge in [0.1, 0.15) is 29.7 Å². The maximum absolute atomic E-state index is 12.8. The van der Waals surface area contributed by atoms with Crippen molar-refractivity contribution in [2.75, 3.05) is 20.3 Å². The molecule has 3 aromatic rings. The number of ether oxygens (including phenoxy) is 2. The van der Waals surface area contributed by atoms with Crippen molar-refractivity contribution in [3.8, 4) is 17.6 Å². The summed E-state index contributed by atoms with van der Waals surface area (Å²) in [6.07, 6.45) is 1.42. The third-order valence-corrected chi connectivity index (χ3v) is 4.73. The molecule has 3 rings (SSSR count). The van der Waals surface area contributed by atoms with Crippen molar-refractivity contribution in [1.82, 2.24) is 10.6 Å². The summed E-state index contributed by atoms with van der Waals surface area (Å²) in [6, 6.07) is 28.2. The highest BCUT2D eigenvalue weighted by molar-refractivity contribution is 5.97. The molecule has 0 aliphatic carbocycles. The van der Waals surface area contributed by atoms with Gasteiger partial charge in [-0.1, -0.05) is 60.7 Å². The Hall–Kier alpha value is -4.24. The van der Waals surface area contributed by atoms with Gasteiger partial charge >= 0.3 is 0 Å². The zero-order valence-corrected chi connectivity index (χ0v) is 17.8. The van der Waals surface area contributed by atoms with Crippen LogP contribution in [0, 0.1) is 11.3 Å². The van der Waals surface area contributed by atoms with Crippen LogP contribution in [-0.2, 0) is 4.79 Å². The van der Waals surface area contributed by atoms with Gasteiger partial charge in [0, 0.05) is 12.7 Å². The summed E-state index contributed by atoms with van der Waals surface area (Å²) in [7, 11) is 1.61. The molecule has 0 aliphatic rings. The molecular formula is C26H25N3O3. The number of amides is 1. The van der Waals surface area contributed by atoms with E-state index in [1.165, 1.54) is 6.20 Å². The maximum atomic E-state index is 12.8. The number of carbonyl (C=O) groups excluding carboxylic acids is 1. The number of nitriles is 1. The molecule has 0 radical (unpaired) electrons. The zero-order chi connectivity index (χ0) is 22.6. The lowest BCUT2D eigenvalue weighted by Crippen LogP contribution is -2.31. The third kappa shape index (κ3) is 6.38. The first-order valence-electron chi connectivity index (χ1n) is 10.2. The molecule has 0 atom stereocenters. The summed E-state index contributed by atoms with van der Waals surface area (Å²) in [4.78, 5) is 12.8. The van der Waals surface area contributed by atoms with Crippen LogP contribution in [0.4, 0.5) is 0 Å². The van der Waals surface area contributed by atoms with E-state index < -0.39 is 5.91 Å². The van der Waals surface area contributed by atoms with Gasteiger partial charge in [0.2, 0.25) is 0 Å². The molecule has 6 heteroatoms. The normalized spacial score (nSPS) is 10.8. The SMILES string of the molecule is COc1ccc(OCCN/C=C(/C#N)C(=O)NC(c2ccccc2)c2ccccc2)cc1. The molecule has 0 aliphatic heterocycles. The minimum atomic E-state index is -0.450. The minimum absolute atomic E-state index is 0.00805. The second-order valence-electron chi connectivity index (χ2n) is 6.88. The van der Waals surface area contributed by atoms with E-state index in [9.17, 15) is 10.1 Å². The number of benzene rings is 3. The number of hydrogen-bond donors (Lipinski definition) is 2. The van der Waals surface area contributed by atoms with Crippen LogP contribution in [0.1, 0.15) is 17.2 Å². The Morgan fingerprint density at radius 1 is 0.938 bits per heavy atom. The van der Waals surface area contributed by atoms with Gasteiger partial charge in [-0.3, -0.25) is 4.79 Å². The molecule has 0 saturated heterocycles. The van der Waals surface area contributed by atoms with Crippen molar-refractivity contribution in [3.05, 3.63) is 108 Å². The molecule has 0 heterocycles. The Morgan fingerprint density at radius 3 is 2.03 bits per heavy atom. The largest absolute Gasteiger partial charge is 0.497 e. The second-order valence-corrected chi connectivity index (χ2v) is 6.88. The predicted molar refractivity (Wildman–Crippen MR) is 123 cm³/mol. The molecule has 0 aromatic heterocycles. The first kappa shape index (κ1) is 22.4. The predicted octanol–water partition coefficient (Wildman–Crippen LogP) is 3.98. The summed E-state index contributed by atoms with van der Waals surface area (Å²) in [6.45, 7) is 0.811. The fraction of sp³-hybridized carbons (Fsp3) is 0.154. The van der Waals surface area contributed by atoms with Gasteiger partial charge in [-0.2, -0.15) is 5.26 Å². The zero-order valence-electron chi connectivity index (χ0n) is 17.8. The summed E-state index contributed by atoms with van der Waals surface area (Å²) >= 11 is 0. The molecule has 6 nitrogen and oxygen atoms in total. The average molecular weight is 428 g/mol. The van der Waals surface area contributed by atoms with E-state index in [-0.39, 0.29) is 11.6 Å². The first-order valence-corrected chi connectivity index (χ1v) is 10.2. The quantitative estimate of drug-likeness (QED) is 0.291. The Labute approximate surface area is 188 Å². The molecule has 162 valence electrons. The fourth-order valence-corrected chi connectivity index (χ4v) is 3.08. The van der Waals surface area contributed by atoms with Crippen LogP contribution in [0.2, 0.25) is 0 Å². The fourth-order valence-electron chi connectivity index (χ4n) is 3.08. The van der Waals surface area contributed by atoms with E-state index in [0.717, 1.165) is 16.9 Å². The van der Waals surface area contributed by atoms with Crippen LogP contribution in [0.15, 0.2) is 96.7 Å². The van der Waals surface area contributed by atoms with Gasteiger partial charge in [-0.05, 0) is 35.4 Å². The number of rotatable bonds is 10. The summed E-state index contributed by atoms with van der Waals surface area (Å²) in [5.74, 6) is 1.02. The smallest absolute Gasteiger partial charge is 0.264 e. The Bertz CT molecular complexity index is 1020. The second kappa shape index (κ2) is 11.8. The van der Waals surface area contributed by atoms with E-state index in [1.807, 2.05) is 91.0 Å². The van der Waals surface area contributed by atoms with Crippen LogP contribution < -0.4 is 20.1 Å². The molecular weight excluding hydrogens is 402 g/mol. The van der Waals surface area contributed by atoms with Gasteiger partial charge in [-0.25, -0.2) is 0 Å². The van der Waals surface area contributed by atoms with Crippen molar-refractivity contribution < 1.29 is 14.3 Å². The molecule has 1 amide bonds. The lowest BCUT2D eigenvalue weighted by Gasteiger charge is -2.19.